The van der Waals surface area contributed by atoms with Gasteiger partial charge in [0.1, 0.15) is 36.7 Å². The lowest BCUT2D eigenvalue weighted by Crippen LogP contribution is -2.54. The molecule has 4 heterocycles. The molecule has 2 aliphatic heterocycles. The van der Waals surface area contributed by atoms with Gasteiger partial charge < -0.3 is 44.6 Å². The smallest absolute Gasteiger partial charge is 0.407 e. The van der Waals surface area contributed by atoms with Gasteiger partial charge in [-0.15, -0.1) is 0 Å². The first-order valence-corrected chi connectivity index (χ1v) is 21.8. The number of carbonyl (C=O) groups is 4. The highest BCUT2D eigenvalue weighted by Crippen LogP contribution is 2.45. The minimum atomic E-state index is -1.86. The van der Waals surface area contributed by atoms with E-state index >= 15 is 4.39 Å². The van der Waals surface area contributed by atoms with E-state index in [4.69, 9.17) is 36.1 Å². The van der Waals surface area contributed by atoms with Gasteiger partial charge in [-0.25, -0.2) is 19.0 Å². The summed E-state index contributed by atoms with van der Waals surface area (Å²) in [5.74, 6) is -2.72. The lowest BCUT2D eigenvalue weighted by molar-refractivity contribution is -0.172. The lowest BCUT2D eigenvalue weighted by Gasteiger charge is -2.32. The van der Waals surface area contributed by atoms with Crippen molar-refractivity contribution in [3.05, 3.63) is 111 Å². The molecule has 64 heavy (non-hydrogen) atoms. The van der Waals surface area contributed by atoms with Crippen LogP contribution in [-0.4, -0.2) is 77.7 Å². The van der Waals surface area contributed by atoms with E-state index in [2.05, 4.69) is 28.1 Å². The molecule has 3 atom stereocenters. The van der Waals surface area contributed by atoms with Gasteiger partial charge in [0.05, 0.1) is 30.6 Å². The molecule has 3 aliphatic rings. The zero-order valence-corrected chi connectivity index (χ0v) is 37.0. The zero-order valence-electron chi connectivity index (χ0n) is 36.2. The van der Waals surface area contributed by atoms with Gasteiger partial charge in [0.15, 0.2) is 17.2 Å². The third-order valence-corrected chi connectivity index (χ3v) is 12.9. The van der Waals surface area contributed by atoms with Crippen molar-refractivity contribution in [3.8, 4) is 28.3 Å². The van der Waals surface area contributed by atoms with Crippen LogP contribution in [0, 0.1) is 16.4 Å². The van der Waals surface area contributed by atoms with E-state index in [1.54, 1.807) is 39.8 Å². The SMILES string of the molecule is CC[C@@]1(O)C(=O)OCc2c1cc1n(c2=S)Cc2c-1nc1cc(F)c(OC)cc1c2CCCOCNC(=O)[C@H](C)NC(=O)[C@@H](NC(=O)OCC1c2ccccc2-c2ccccc21)C(C)C. The van der Waals surface area contributed by atoms with E-state index in [0.717, 1.165) is 33.4 Å². The van der Waals surface area contributed by atoms with Crippen LogP contribution in [0.15, 0.2) is 66.7 Å². The van der Waals surface area contributed by atoms with Crippen molar-refractivity contribution in [2.24, 2.45) is 5.92 Å². The second-order valence-corrected chi connectivity index (χ2v) is 17.0. The summed E-state index contributed by atoms with van der Waals surface area (Å²) in [5, 5.41) is 20.1. The summed E-state index contributed by atoms with van der Waals surface area (Å²) in [7, 11) is 1.39. The fourth-order valence-electron chi connectivity index (χ4n) is 8.97. The number of amides is 3. The van der Waals surface area contributed by atoms with Crippen molar-refractivity contribution in [1.82, 2.24) is 25.5 Å². The Morgan fingerprint density at radius 1 is 1.02 bits per heavy atom. The molecule has 334 valence electrons. The van der Waals surface area contributed by atoms with Crippen LogP contribution < -0.4 is 20.7 Å². The van der Waals surface area contributed by atoms with Gasteiger partial charge in [0.2, 0.25) is 11.8 Å². The number of halogens is 1. The Balaban J connectivity index is 0.866. The molecular formula is C48H50FN5O9S. The van der Waals surface area contributed by atoms with Crippen molar-refractivity contribution >= 4 is 47.0 Å². The fraction of sp³-hybridized carbons (Fsp3) is 0.375. The third kappa shape index (κ3) is 8.09. The number of aliphatic hydroxyl groups is 1. The number of carbonyl (C=O) groups excluding carboxylic acids is 4. The van der Waals surface area contributed by atoms with Crippen molar-refractivity contribution in [2.75, 3.05) is 27.1 Å². The number of benzene rings is 3. The molecule has 3 aromatic carbocycles. The van der Waals surface area contributed by atoms with Crippen LogP contribution in [0.25, 0.3) is 33.4 Å². The third-order valence-electron chi connectivity index (χ3n) is 12.5. The first kappa shape index (κ1) is 44.4. The average Bonchev–Trinajstić information content (AvgIpc) is 3.82. The number of fused-ring (bicyclic) bond motifs is 8. The summed E-state index contributed by atoms with van der Waals surface area (Å²) in [6.45, 7) is 7.30. The molecule has 4 N–H and O–H groups in total. The lowest BCUT2D eigenvalue weighted by atomic mass is 9.86. The Labute approximate surface area is 374 Å². The molecule has 0 saturated carbocycles. The molecule has 0 radical (unpaired) electrons. The molecule has 1 aliphatic carbocycles. The van der Waals surface area contributed by atoms with Crippen molar-refractivity contribution in [3.63, 3.8) is 0 Å². The second-order valence-electron chi connectivity index (χ2n) is 16.6. The van der Waals surface area contributed by atoms with Crippen molar-refractivity contribution in [2.45, 2.75) is 83.7 Å². The molecule has 14 nitrogen and oxygen atoms in total. The molecule has 0 spiro atoms. The fourth-order valence-corrected chi connectivity index (χ4v) is 9.31. The van der Waals surface area contributed by atoms with Gasteiger partial charge in [0, 0.05) is 40.7 Å². The quantitative estimate of drug-likeness (QED) is 0.0374. The number of rotatable bonds is 15. The Hall–Kier alpha value is -6.23. The summed E-state index contributed by atoms with van der Waals surface area (Å²) in [6.07, 6.45) is 0.329. The molecule has 0 saturated heterocycles. The van der Waals surface area contributed by atoms with Gasteiger partial charge in [-0.3, -0.25) is 9.59 Å². The number of cyclic esters (lactones) is 1. The maximum atomic E-state index is 15.1. The molecule has 3 amide bonds. The highest BCUT2D eigenvalue weighted by Gasteiger charge is 2.45. The van der Waals surface area contributed by atoms with Crippen molar-refractivity contribution < 1.29 is 47.6 Å². The Morgan fingerprint density at radius 3 is 2.39 bits per heavy atom. The monoisotopic (exact) mass is 891 g/mol. The number of aromatic nitrogens is 2. The molecule has 0 fully saturated rings. The van der Waals surface area contributed by atoms with Crippen LogP contribution in [0.3, 0.4) is 0 Å². The summed E-state index contributed by atoms with van der Waals surface area (Å²) in [6, 6.07) is 18.8. The van der Waals surface area contributed by atoms with Crippen LogP contribution in [-0.2, 0) is 53.8 Å². The standard InChI is InChI=1S/C48H50FN5O9S/c1-6-48(59)36-19-39-42-33(21-54(39)45(64)35(36)23-62-46(48)57)31(32-18-40(60-5)37(49)20-38(32)52-42)16-11-17-61-24-50-43(55)26(4)51-44(56)41(25(2)3)53-47(58)63-22-34-29-14-9-7-12-27(29)28-13-8-10-15-30(28)34/h7-10,12-15,18-20,25-26,34,41,59H,6,11,16-17,21-24H2,1-5H3,(H,50,55)(H,51,56)(H,53,58)/t26-,41-,48-/m0/s1. The van der Waals surface area contributed by atoms with Crippen LogP contribution in [0.5, 0.6) is 5.75 Å². The van der Waals surface area contributed by atoms with Crippen LogP contribution >= 0.6 is 12.2 Å². The van der Waals surface area contributed by atoms with Crippen LogP contribution in [0.4, 0.5) is 9.18 Å². The highest BCUT2D eigenvalue weighted by molar-refractivity contribution is 7.71. The summed E-state index contributed by atoms with van der Waals surface area (Å²) < 4.78 is 39.5. The van der Waals surface area contributed by atoms with E-state index in [0.29, 0.717) is 57.4 Å². The van der Waals surface area contributed by atoms with E-state index < -0.39 is 47.4 Å². The van der Waals surface area contributed by atoms with Crippen LogP contribution in [0.1, 0.15) is 79.8 Å². The van der Waals surface area contributed by atoms with Gasteiger partial charge >= 0.3 is 12.1 Å². The van der Waals surface area contributed by atoms with Gasteiger partial charge in [-0.1, -0.05) is 81.5 Å². The Morgan fingerprint density at radius 2 is 1.72 bits per heavy atom. The number of nitrogens with one attached hydrogen (secondary N) is 3. The number of aryl methyl sites for hydroxylation is 1. The maximum absolute atomic E-state index is 15.1. The Kier molecular flexibility index (Phi) is 12.6. The first-order valence-electron chi connectivity index (χ1n) is 21.4. The maximum Gasteiger partial charge on any atom is 0.407 e. The normalized spacial score (nSPS) is 16.8. The van der Waals surface area contributed by atoms with E-state index in [-0.39, 0.29) is 50.6 Å². The van der Waals surface area contributed by atoms with E-state index in [9.17, 15) is 24.3 Å². The molecule has 0 unspecified atom stereocenters. The zero-order chi connectivity index (χ0) is 45.4. The second kappa shape index (κ2) is 18.1. The predicted octanol–water partition coefficient (Wildman–Crippen LogP) is 6.69. The number of hydrogen-bond acceptors (Lipinski definition) is 11. The number of pyridine rings is 2. The minimum Gasteiger partial charge on any atom is -0.494 e. The van der Waals surface area contributed by atoms with E-state index in [1.165, 1.54) is 13.2 Å². The topological polar surface area (TPSA) is 179 Å². The van der Waals surface area contributed by atoms with Gasteiger partial charge in [-0.05, 0) is 72.1 Å². The van der Waals surface area contributed by atoms with Crippen LogP contribution in [0.2, 0.25) is 0 Å². The Bertz CT molecular complexity index is 2710. The number of nitrogens with zero attached hydrogens (tertiary/aromatic N) is 2. The number of hydrogen-bond donors (Lipinski definition) is 4. The number of alkyl carbamates (subject to hydrolysis) is 1. The molecule has 0 bridgehead atoms. The van der Waals surface area contributed by atoms with Crippen molar-refractivity contribution in [1.29, 1.82) is 0 Å². The molecular weight excluding hydrogens is 842 g/mol. The summed E-state index contributed by atoms with van der Waals surface area (Å²) in [4.78, 5) is 57.0. The number of esters is 1. The number of ether oxygens (including phenoxy) is 4. The largest absolute Gasteiger partial charge is 0.494 e. The minimum absolute atomic E-state index is 0.0606. The first-order chi connectivity index (χ1) is 30.7. The number of methoxy groups -OCH3 is 1. The predicted molar refractivity (Wildman–Crippen MR) is 237 cm³/mol. The highest BCUT2D eigenvalue weighted by atomic mass is 32.1. The summed E-state index contributed by atoms with van der Waals surface area (Å²) in [5.41, 5.74) is 6.73. The summed E-state index contributed by atoms with van der Waals surface area (Å²) >= 11 is 5.89. The van der Waals surface area contributed by atoms with Gasteiger partial charge in [-0.2, -0.15) is 0 Å². The average molecular weight is 892 g/mol. The molecule has 16 heteroatoms. The van der Waals surface area contributed by atoms with Gasteiger partial charge in [0.25, 0.3) is 0 Å². The molecule has 2 aromatic heterocycles. The molecule has 8 rings (SSSR count). The molecule has 5 aromatic rings. The van der Waals surface area contributed by atoms with E-state index in [1.807, 2.05) is 41.0 Å².